The van der Waals surface area contributed by atoms with Crippen LogP contribution in [0.1, 0.15) is 38.6 Å². The Labute approximate surface area is 125 Å². The third kappa shape index (κ3) is 2.38. The molecule has 3 rings (SSSR count). The van der Waals surface area contributed by atoms with Gasteiger partial charge in [0.25, 0.3) is 0 Å². The van der Waals surface area contributed by atoms with E-state index in [0.717, 1.165) is 29.8 Å². The Hall–Kier alpha value is -0.680. The number of nitrogens with one attached hydrogen (secondary N) is 1. The minimum absolute atomic E-state index is 0.257. The number of rotatable bonds is 1. The molecule has 0 amide bonds. The highest BCUT2D eigenvalue weighted by Gasteiger charge is 2.23. The lowest BCUT2D eigenvalue weighted by Crippen LogP contribution is -2.17. The third-order valence-corrected chi connectivity index (χ3v) is 4.94. The van der Waals surface area contributed by atoms with Crippen molar-refractivity contribution in [2.45, 2.75) is 38.6 Å². The smallest absolute Gasteiger partial charge is 0.178 e. The number of aromatic nitrogens is 2. The molecule has 19 heavy (non-hydrogen) atoms. The highest BCUT2D eigenvalue weighted by Crippen LogP contribution is 2.35. The lowest BCUT2D eigenvalue weighted by atomic mass is 9.87. The number of benzene rings is 1. The van der Waals surface area contributed by atoms with Crippen LogP contribution in [0.2, 0.25) is 0 Å². The molecule has 5 heteroatoms. The average Bonchev–Trinajstić information content (AvgIpc) is 2.65. The predicted molar refractivity (Wildman–Crippen MR) is 81.4 cm³/mol. The van der Waals surface area contributed by atoms with E-state index in [9.17, 15) is 4.39 Å². The Morgan fingerprint density at radius 2 is 2.21 bits per heavy atom. The van der Waals surface area contributed by atoms with Gasteiger partial charge in [0.1, 0.15) is 5.82 Å². The summed E-state index contributed by atoms with van der Waals surface area (Å²) in [5.74, 6) is 0.474. The normalized spacial score (nSPS) is 23.9. The second-order valence-corrected chi connectivity index (χ2v) is 6.75. The summed E-state index contributed by atoms with van der Waals surface area (Å²) in [4.78, 5) is 3.12. The van der Waals surface area contributed by atoms with Gasteiger partial charge in [-0.3, -0.25) is 0 Å². The van der Waals surface area contributed by atoms with E-state index in [1.807, 2.05) is 6.07 Å². The summed E-state index contributed by atoms with van der Waals surface area (Å²) in [6.45, 7) is 2.29. The molecule has 0 spiro atoms. The first-order chi connectivity index (χ1) is 9.06. The number of imidazole rings is 1. The molecule has 0 aliphatic heterocycles. The molecule has 1 aromatic carbocycles. The molecule has 1 saturated carbocycles. The van der Waals surface area contributed by atoms with Crippen LogP contribution in [0.15, 0.2) is 16.6 Å². The SMILES string of the molecule is CC1CCCC(n2c(=S)[nH]c3cc(F)c(Br)cc32)C1. The Morgan fingerprint density at radius 1 is 1.42 bits per heavy atom. The fourth-order valence-corrected chi connectivity index (χ4v) is 3.81. The second kappa shape index (κ2) is 5.02. The van der Waals surface area contributed by atoms with E-state index in [2.05, 4.69) is 32.4 Å². The van der Waals surface area contributed by atoms with Gasteiger partial charge in [-0.2, -0.15) is 0 Å². The molecule has 1 fully saturated rings. The minimum Gasteiger partial charge on any atom is -0.330 e. The van der Waals surface area contributed by atoms with Crippen molar-refractivity contribution < 1.29 is 4.39 Å². The van der Waals surface area contributed by atoms with Gasteiger partial charge in [0.2, 0.25) is 0 Å². The Morgan fingerprint density at radius 3 is 2.95 bits per heavy atom. The van der Waals surface area contributed by atoms with Gasteiger partial charge in [0.15, 0.2) is 4.77 Å². The number of fused-ring (bicyclic) bond motifs is 1. The Bertz CT molecular complexity index is 676. The van der Waals surface area contributed by atoms with Crippen molar-refractivity contribution in [1.82, 2.24) is 9.55 Å². The van der Waals surface area contributed by atoms with Gasteiger partial charge in [-0.1, -0.05) is 19.8 Å². The molecule has 0 radical (unpaired) electrons. The summed E-state index contributed by atoms with van der Waals surface area (Å²) < 4.78 is 16.9. The van der Waals surface area contributed by atoms with Gasteiger partial charge in [-0.15, -0.1) is 0 Å². The number of hydrogen-bond acceptors (Lipinski definition) is 1. The number of aromatic amines is 1. The minimum atomic E-state index is -0.257. The molecule has 2 nitrogen and oxygen atoms in total. The first-order valence-corrected chi connectivity index (χ1v) is 7.85. The molecule has 1 aliphatic rings. The van der Waals surface area contributed by atoms with Gasteiger partial charge in [-0.05, 0) is 53.0 Å². The van der Waals surface area contributed by atoms with Gasteiger partial charge >= 0.3 is 0 Å². The molecular formula is C14H16BrFN2S. The van der Waals surface area contributed by atoms with Crippen molar-refractivity contribution in [3.63, 3.8) is 0 Å². The van der Waals surface area contributed by atoms with Crippen LogP contribution in [0.4, 0.5) is 4.39 Å². The molecule has 2 unspecified atom stereocenters. The molecule has 2 atom stereocenters. The van der Waals surface area contributed by atoms with Gasteiger partial charge in [0.05, 0.1) is 15.5 Å². The van der Waals surface area contributed by atoms with E-state index in [-0.39, 0.29) is 5.82 Å². The van der Waals surface area contributed by atoms with Crippen molar-refractivity contribution >= 4 is 39.2 Å². The van der Waals surface area contributed by atoms with Crippen LogP contribution in [0.3, 0.4) is 0 Å². The van der Waals surface area contributed by atoms with Crippen molar-refractivity contribution in [3.05, 3.63) is 27.2 Å². The molecule has 2 aromatic rings. The van der Waals surface area contributed by atoms with Gasteiger partial charge in [0, 0.05) is 12.1 Å². The summed E-state index contributed by atoms with van der Waals surface area (Å²) in [6.07, 6.45) is 4.84. The van der Waals surface area contributed by atoms with Crippen LogP contribution in [0.25, 0.3) is 11.0 Å². The highest BCUT2D eigenvalue weighted by atomic mass is 79.9. The van der Waals surface area contributed by atoms with Gasteiger partial charge in [-0.25, -0.2) is 4.39 Å². The van der Waals surface area contributed by atoms with Crippen LogP contribution in [0, 0.1) is 16.5 Å². The van der Waals surface area contributed by atoms with E-state index in [4.69, 9.17) is 12.2 Å². The molecule has 1 heterocycles. The molecule has 1 aliphatic carbocycles. The first-order valence-electron chi connectivity index (χ1n) is 6.65. The molecule has 0 bridgehead atoms. The summed E-state index contributed by atoms with van der Waals surface area (Å²) in [5, 5.41) is 0. The maximum Gasteiger partial charge on any atom is 0.178 e. The third-order valence-electron chi connectivity index (χ3n) is 4.03. The van der Waals surface area contributed by atoms with Gasteiger partial charge < -0.3 is 9.55 Å². The predicted octanol–water partition coefficient (Wildman–Crippen LogP) is 5.35. The largest absolute Gasteiger partial charge is 0.330 e. The van der Waals surface area contributed by atoms with Crippen molar-refractivity contribution in [2.75, 3.05) is 0 Å². The number of nitrogens with zero attached hydrogens (tertiary/aromatic N) is 1. The lowest BCUT2D eigenvalue weighted by Gasteiger charge is -2.28. The topological polar surface area (TPSA) is 20.7 Å². The quantitative estimate of drug-likeness (QED) is 0.692. The van der Waals surface area contributed by atoms with Crippen LogP contribution in [0.5, 0.6) is 0 Å². The van der Waals surface area contributed by atoms with Crippen molar-refractivity contribution in [3.8, 4) is 0 Å². The molecule has 1 N–H and O–H groups in total. The van der Waals surface area contributed by atoms with E-state index < -0.39 is 0 Å². The summed E-state index contributed by atoms with van der Waals surface area (Å²) in [7, 11) is 0. The summed E-state index contributed by atoms with van der Waals surface area (Å²) in [5.41, 5.74) is 1.78. The van der Waals surface area contributed by atoms with Crippen LogP contribution >= 0.6 is 28.1 Å². The summed E-state index contributed by atoms with van der Waals surface area (Å²) >= 11 is 8.69. The maximum absolute atomic E-state index is 13.6. The molecule has 102 valence electrons. The number of halogens is 2. The van der Waals surface area contributed by atoms with E-state index >= 15 is 0 Å². The van der Waals surface area contributed by atoms with Crippen molar-refractivity contribution in [1.29, 1.82) is 0 Å². The zero-order valence-corrected chi connectivity index (χ0v) is 13.2. The number of hydrogen-bond donors (Lipinski definition) is 1. The Kier molecular flexibility index (Phi) is 3.52. The first kappa shape index (κ1) is 13.3. The average molecular weight is 343 g/mol. The molecule has 1 aromatic heterocycles. The standard InChI is InChI=1S/C14H16BrFN2S/c1-8-3-2-4-9(5-8)18-13-6-10(15)11(16)7-12(13)17-14(18)19/h6-9H,2-5H2,1H3,(H,17,19). The molecule has 0 saturated heterocycles. The lowest BCUT2D eigenvalue weighted by molar-refractivity contribution is 0.285. The summed E-state index contributed by atoms with van der Waals surface area (Å²) in [6, 6.07) is 3.77. The molecular weight excluding hydrogens is 327 g/mol. The maximum atomic E-state index is 13.6. The fourth-order valence-electron chi connectivity index (χ4n) is 3.12. The van der Waals surface area contributed by atoms with Crippen LogP contribution in [-0.2, 0) is 0 Å². The number of H-pyrrole nitrogens is 1. The van der Waals surface area contributed by atoms with E-state index in [0.29, 0.717) is 15.3 Å². The van der Waals surface area contributed by atoms with Crippen LogP contribution in [-0.4, -0.2) is 9.55 Å². The monoisotopic (exact) mass is 342 g/mol. The highest BCUT2D eigenvalue weighted by molar-refractivity contribution is 9.10. The van der Waals surface area contributed by atoms with Crippen LogP contribution < -0.4 is 0 Å². The van der Waals surface area contributed by atoms with Crippen molar-refractivity contribution in [2.24, 2.45) is 5.92 Å². The Balaban J connectivity index is 2.14. The fraction of sp³-hybridized carbons (Fsp3) is 0.500. The van der Waals surface area contributed by atoms with E-state index in [1.54, 1.807) is 0 Å². The van der Waals surface area contributed by atoms with E-state index in [1.165, 1.54) is 18.9 Å². The zero-order valence-electron chi connectivity index (χ0n) is 10.7. The second-order valence-electron chi connectivity index (χ2n) is 5.51. The zero-order chi connectivity index (χ0) is 13.6.